The van der Waals surface area contributed by atoms with Gasteiger partial charge in [0.05, 0.1) is 37.6 Å². The minimum atomic E-state index is -0.665. The summed E-state index contributed by atoms with van der Waals surface area (Å²) in [6, 6.07) is 1.92. The molecule has 0 aromatic carbocycles. The summed E-state index contributed by atoms with van der Waals surface area (Å²) in [7, 11) is 3.64. The Morgan fingerprint density at radius 1 is 1.25 bits per heavy atom. The number of nitrogens with two attached hydrogens (primary N) is 2. The molecule has 5 heterocycles. The highest BCUT2D eigenvalue weighted by Gasteiger charge is 2.49. The van der Waals surface area contributed by atoms with Gasteiger partial charge in [-0.1, -0.05) is 10.9 Å². The van der Waals surface area contributed by atoms with Crippen molar-refractivity contribution in [1.29, 1.82) is 5.26 Å². The highest BCUT2D eigenvalue weighted by atomic mass is 32.1. The van der Waals surface area contributed by atoms with E-state index in [-0.39, 0.29) is 41.6 Å². The van der Waals surface area contributed by atoms with Gasteiger partial charge in [0.25, 0.3) is 11.7 Å². The van der Waals surface area contributed by atoms with Crippen LogP contribution in [0, 0.1) is 29.6 Å². The SMILES string of the molecule is C#C[C@H](Oc1nc(C(=O)C2=C(N)[C@@]3(CCC2)CCCc2sc(N)c(C#N)c23)nc2c1N(C)C(=O)/[N+]2=C\C1CO[C@@H](C)C1)[C@@H]1CCCN1C. The number of Topliss-reactive ketones (excluding diaryl/α,β-unsaturated/α-hetero) is 1. The Bertz CT molecular complexity index is 1850. The summed E-state index contributed by atoms with van der Waals surface area (Å²) in [4.78, 5) is 42.4. The smallest absolute Gasteiger partial charge is 0.448 e. The van der Waals surface area contributed by atoms with E-state index >= 15 is 0 Å². The van der Waals surface area contributed by atoms with Crippen molar-refractivity contribution in [2.24, 2.45) is 11.7 Å². The minimum Gasteiger partial charge on any atom is -0.457 e. The average molecular weight is 670 g/mol. The number of rotatable bonds is 6. The highest BCUT2D eigenvalue weighted by Crippen LogP contribution is 2.53. The topological polar surface area (TPSA) is 164 Å². The van der Waals surface area contributed by atoms with Crippen molar-refractivity contribution in [1.82, 2.24) is 14.9 Å². The quantitative estimate of drug-likeness (QED) is 0.261. The van der Waals surface area contributed by atoms with Crippen LogP contribution in [0.5, 0.6) is 5.88 Å². The number of aromatic nitrogens is 2. The molecule has 0 bridgehead atoms. The van der Waals surface area contributed by atoms with Crippen LogP contribution in [-0.4, -0.2) is 83.0 Å². The first-order valence-electron chi connectivity index (χ1n) is 16.7. The van der Waals surface area contributed by atoms with Crippen molar-refractivity contribution in [2.75, 3.05) is 37.9 Å². The van der Waals surface area contributed by atoms with Crippen LogP contribution in [0.15, 0.2) is 11.3 Å². The maximum Gasteiger partial charge on any atom is 0.448 e. The van der Waals surface area contributed by atoms with Crippen LogP contribution in [-0.2, 0) is 16.6 Å². The van der Waals surface area contributed by atoms with Crippen LogP contribution in [0.4, 0.5) is 21.3 Å². The molecule has 1 unspecified atom stereocenters. The third kappa shape index (κ3) is 5.07. The van der Waals surface area contributed by atoms with Crippen LogP contribution in [0.25, 0.3) is 0 Å². The number of urea groups is 1. The van der Waals surface area contributed by atoms with Gasteiger partial charge in [-0.2, -0.15) is 14.8 Å². The molecule has 4 N–H and O–H groups in total. The number of allylic oxidation sites excluding steroid dienone is 2. The molecule has 2 aromatic rings. The van der Waals surface area contributed by atoms with E-state index in [1.165, 1.54) is 20.8 Å². The third-order valence-electron chi connectivity index (χ3n) is 10.8. The van der Waals surface area contributed by atoms with Gasteiger partial charge in [-0.05, 0) is 83.9 Å². The summed E-state index contributed by atoms with van der Waals surface area (Å²) in [6.45, 7) is 3.36. The Labute approximate surface area is 284 Å². The van der Waals surface area contributed by atoms with Crippen LogP contribution >= 0.6 is 11.3 Å². The number of nitriles is 1. The fraction of sp³-hybridized carbons (Fsp3) is 0.543. The third-order valence-corrected chi connectivity index (χ3v) is 11.8. The number of likely N-dealkylation sites (tertiary alicyclic amines) is 1. The molecule has 2 amide bonds. The van der Waals surface area contributed by atoms with Crippen molar-refractivity contribution in [3.63, 3.8) is 0 Å². The molecule has 5 aliphatic rings. The lowest BCUT2D eigenvalue weighted by molar-refractivity contribution is -0.324. The molecule has 2 aliphatic carbocycles. The average Bonchev–Trinajstić information content (AvgIpc) is 3.83. The predicted octanol–water partition coefficient (Wildman–Crippen LogP) is 4.03. The maximum absolute atomic E-state index is 14.6. The van der Waals surface area contributed by atoms with Crippen LogP contribution in [0.2, 0.25) is 0 Å². The lowest BCUT2D eigenvalue weighted by Crippen LogP contribution is -2.41. The summed E-state index contributed by atoms with van der Waals surface area (Å²) in [5.74, 6) is 2.56. The number of amides is 2. The Morgan fingerprint density at radius 3 is 2.69 bits per heavy atom. The lowest BCUT2D eigenvalue weighted by atomic mass is 9.62. The van der Waals surface area contributed by atoms with Crippen molar-refractivity contribution >= 4 is 45.9 Å². The van der Waals surface area contributed by atoms with Gasteiger partial charge in [0.1, 0.15) is 11.1 Å². The van der Waals surface area contributed by atoms with E-state index in [2.05, 4.69) is 16.9 Å². The Kier molecular flexibility index (Phi) is 8.26. The number of anilines is 2. The van der Waals surface area contributed by atoms with Crippen LogP contribution in [0.1, 0.15) is 84.9 Å². The number of likely N-dealkylation sites (N-methyl/N-ethyl adjacent to an activating group) is 1. The molecule has 1 spiro atoms. The van der Waals surface area contributed by atoms with E-state index in [0.717, 1.165) is 61.9 Å². The van der Waals surface area contributed by atoms with Gasteiger partial charge in [0.2, 0.25) is 11.5 Å². The molecule has 2 fully saturated rings. The van der Waals surface area contributed by atoms with E-state index in [9.17, 15) is 14.9 Å². The number of hydrogen-bond donors (Lipinski definition) is 2. The van der Waals surface area contributed by atoms with E-state index in [4.69, 9.17) is 37.3 Å². The first-order chi connectivity index (χ1) is 23.1. The first kappa shape index (κ1) is 32.3. The van der Waals surface area contributed by atoms with Gasteiger partial charge in [-0.3, -0.25) is 9.69 Å². The standard InChI is InChI=1S/C35H40N8O4S/c1-5-24(23-10-8-14-41(23)3)47-33-27-32(43(34(45)42(27)4)17-20-15-19(2)46-18-20)39-31(40-33)28(44)21-9-6-12-35(29(21)37)13-7-11-25-26(35)22(16-36)30(38)48-25/h1,17,19-20,23-24H,6-15,18,38H2,2-4H3,(H-,37,44)/p+1/b43-17-/t19-,20?,23-,24-,35-/m0/s1. The number of carbonyl (C=O) groups excluding carboxylic acids is 2. The van der Waals surface area contributed by atoms with Gasteiger partial charge in [-0.15, -0.1) is 17.8 Å². The number of ether oxygens (including phenoxy) is 2. The second-order valence-electron chi connectivity index (χ2n) is 13.7. The number of carbonyl (C=O) groups is 2. The van der Waals surface area contributed by atoms with Crippen LogP contribution in [0.3, 0.4) is 0 Å². The molecule has 0 radical (unpaired) electrons. The second kappa shape index (κ2) is 12.3. The van der Waals surface area contributed by atoms with E-state index in [1.54, 1.807) is 7.05 Å². The molecule has 7 rings (SSSR count). The zero-order valence-corrected chi connectivity index (χ0v) is 28.4. The van der Waals surface area contributed by atoms with Gasteiger partial charge < -0.3 is 20.9 Å². The zero-order chi connectivity index (χ0) is 33.9. The number of aryl methyl sites for hydroxylation is 1. The Morgan fingerprint density at radius 2 is 2.02 bits per heavy atom. The monoisotopic (exact) mass is 669 g/mol. The molecule has 2 aromatic heterocycles. The summed E-state index contributed by atoms with van der Waals surface area (Å²) in [6.07, 6.45) is 14.1. The fourth-order valence-corrected chi connectivity index (χ4v) is 9.52. The summed E-state index contributed by atoms with van der Waals surface area (Å²) in [5.41, 5.74) is 15.2. The van der Waals surface area contributed by atoms with Crippen molar-refractivity contribution in [3.8, 4) is 24.3 Å². The molecule has 13 heteroatoms. The molecule has 48 heavy (non-hydrogen) atoms. The van der Waals surface area contributed by atoms with Gasteiger partial charge in [0, 0.05) is 27.5 Å². The van der Waals surface area contributed by atoms with E-state index in [0.29, 0.717) is 47.0 Å². The summed E-state index contributed by atoms with van der Waals surface area (Å²) in [5, 5.41) is 10.6. The Balaban J connectivity index is 1.36. The molecule has 3 aliphatic heterocycles. The number of fused-ring (bicyclic) bond motifs is 3. The zero-order valence-electron chi connectivity index (χ0n) is 27.6. The van der Waals surface area contributed by atoms with Gasteiger partial charge in [0.15, 0.2) is 6.10 Å². The molecule has 250 valence electrons. The molecular formula is C35H41N8O4S+. The van der Waals surface area contributed by atoms with E-state index < -0.39 is 17.3 Å². The van der Waals surface area contributed by atoms with Crippen molar-refractivity contribution < 1.29 is 23.6 Å². The fourth-order valence-electron chi connectivity index (χ4n) is 8.36. The molecule has 2 saturated heterocycles. The lowest BCUT2D eigenvalue weighted by Gasteiger charge is -2.42. The largest absolute Gasteiger partial charge is 0.457 e. The van der Waals surface area contributed by atoms with Crippen molar-refractivity contribution in [3.05, 3.63) is 33.1 Å². The summed E-state index contributed by atoms with van der Waals surface area (Å²) >= 11 is 1.44. The Hall–Kier alpha value is -4.30. The normalized spacial score (nSPS) is 28.4. The minimum absolute atomic E-state index is 0.0168. The number of hydrogen-bond acceptors (Lipinski definition) is 11. The number of ketones is 1. The highest BCUT2D eigenvalue weighted by molar-refractivity contribution is 7.16. The molecular weight excluding hydrogens is 629 g/mol. The number of terminal acetylenes is 1. The number of thiophene rings is 1. The van der Waals surface area contributed by atoms with Crippen LogP contribution < -0.4 is 21.1 Å². The molecule has 12 nitrogen and oxygen atoms in total. The first-order valence-corrected chi connectivity index (χ1v) is 17.5. The van der Waals surface area contributed by atoms with E-state index in [1.807, 2.05) is 20.2 Å². The van der Waals surface area contributed by atoms with Gasteiger partial charge >= 0.3 is 11.8 Å². The number of nitrogen functional groups attached to an aromatic ring is 1. The second-order valence-corrected chi connectivity index (χ2v) is 14.8. The number of nitrogens with zero attached hydrogens (tertiary/aromatic N) is 6. The molecule has 0 saturated carbocycles. The van der Waals surface area contributed by atoms with Crippen molar-refractivity contribution in [2.45, 2.75) is 88.4 Å². The van der Waals surface area contributed by atoms with Gasteiger partial charge in [-0.25, -0.2) is 9.69 Å². The summed E-state index contributed by atoms with van der Waals surface area (Å²) < 4.78 is 13.7. The maximum atomic E-state index is 14.6. The molecule has 5 atom stereocenters. The predicted molar refractivity (Wildman–Crippen MR) is 182 cm³/mol.